The highest BCUT2D eigenvalue weighted by atomic mass is 35.5. The van der Waals surface area contributed by atoms with Gasteiger partial charge in [-0.05, 0) is 42.3 Å². The summed E-state index contributed by atoms with van der Waals surface area (Å²) >= 11 is 5.49. The van der Waals surface area contributed by atoms with Crippen molar-refractivity contribution in [3.8, 4) is 0 Å². The van der Waals surface area contributed by atoms with Crippen LogP contribution in [0.3, 0.4) is 0 Å². The van der Waals surface area contributed by atoms with E-state index in [1.165, 1.54) is 13.0 Å². The quantitative estimate of drug-likeness (QED) is 0.420. The maximum Gasteiger partial charge on any atom is 0.435 e. The van der Waals surface area contributed by atoms with Crippen LogP contribution in [0.5, 0.6) is 0 Å². The molecule has 18 heteroatoms. The van der Waals surface area contributed by atoms with E-state index in [1.807, 2.05) is 0 Å². The van der Waals surface area contributed by atoms with Gasteiger partial charge in [-0.1, -0.05) is 22.8 Å². The molecule has 1 saturated heterocycles. The summed E-state index contributed by atoms with van der Waals surface area (Å²) in [5, 5.41) is 4.38. The summed E-state index contributed by atoms with van der Waals surface area (Å²) < 4.78 is 135. The van der Waals surface area contributed by atoms with Crippen LogP contribution >= 0.6 is 11.6 Å². The molecule has 7 nitrogen and oxygen atoms in total. The first kappa shape index (κ1) is 31.3. The molecule has 2 aliphatic heterocycles. The van der Waals surface area contributed by atoms with Crippen LogP contribution in [0.25, 0.3) is 0 Å². The highest BCUT2D eigenvalue weighted by Gasteiger charge is 2.64. The number of carbonyl (C=O) groups excluding carboxylic acids is 2. The third-order valence-electron chi connectivity index (χ3n) is 6.35. The van der Waals surface area contributed by atoms with Gasteiger partial charge in [-0.15, -0.1) is 0 Å². The Labute approximate surface area is 233 Å². The van der Waals surface area contributed by atoms with E-state index in [0.29, 0.717) is 0 Å². The maximum atomic E-state index is 14.8. The van der Waals surface area contributed by atoms with Crippen LogP contribution in [0.4, 0.5) is 43.9 Å². The van der Waals surface area contributed by atoms with E-state index in [0.717, 1.165) is 12.1 Å². The number of alkyl halides is 9. The number of amides is 2. The van der Waals surface area contributed by atoms with E-state index in [9.17, 15) is 53.5 Å². The zero-order valence-corrected chi connectivity index (χ0v) is 21.5. The molecular weight excluding hydrogens is 620 g/mol. The third kappa shape index (κ3) is 5.97. The van der Waals surface area contributed by atoms with Crippen LogP contribution < -0.4 is 5.32 Å². The van der Waals surface area contributed by atoms with E-state index in [4.69, 9.17) is 11.6 Å². The molecule has 2 aromatic carbocycles. The number of aryl methyl sites for hydroxylation is 1. The highest BCUT2D eigenvalue weighted by molar-refractivity contribution is 6.30. The normalized spacial score (nSPS) is 21.4. The first-order chi connectivity index (χ1) is 19.2. The highest BCUT2D eigenvalue weighted by Crippen LogP contribution is 2.51. The number of benzene rings is 2. The smallest absolute Gasteiger partial charge is 0.374 e. The number of rotatable bonds is 5. The summed E-state index contributed by atoms with van der Waals surface area (Å²) in [6.45, 7) is -0.950. The van der Waals surface area contributed by atoms with Crippen LogP contribution in [0.1, 0.15) is 39.0 Å². The fourth-order valence-electron chi connectivity index (χ4n) is 4.28. The molecule has 0 radical (unpaired) electrons. The Hall–Kier alpha value is -3.60. The Kier molecular flexibility index (Phi) is 7.90. The fraction of sp³-hybridized carbons (Fsp3) is 0.375. The predicted octanol–water partition coefficient (Wildman–Crippen LogP) is 5.82. The van der Waals surface area contributed by atoms with Crippen molar-refractivity contribution < 1.29 is 63.2 Å². The lowest BCUT2D eigenvalue weighted by Gasteiger charge is -2.30. The van der Waals surface area contributed by atoms with Gasteiger partial charge in [0, 0.05) is 11.1 Å². The molecule has 0 saturated carbocycles. The van der Waals surface area contributed by atoms with Crippen LogP contribution in [0.2, 0.25) is 5.02 Å². The minimum Gasteiger partial charge on any atom is -0.374 e. The monoisotopic (exact) mass is 635 g/mol. The van der Waals surface area contributed by atoms with Crippen LogP contribution in [0.15, 0.2) is 35.5 Å². The second-order valence-electron chi connectivity index (χ2n) is 9.29. The number of nitrogens with one attached hydrogen (secondary N) is 1. The number of halogens is 11. The van der Waals surface area contributed by atoms with Crippen LogP contribution in [0, 0.1) is 12.7 Å². The number of carbonyl (C=O) groups is 2. The average molecular weight is 636 g/mol. The van der Waals surface area contributed by atoms with Crippen LogP contribution in [-0.2, 0) is 26.2 Å². The summed E-state index contributed by atoms with van der Waals surface area (Å²) in [6, 6.07) is 2.00. The first-order valence-corrected chi connectivity index (χ1v) is 11.9. The van der Waals surface area contributed by atoms with Gasteiger partial charge in [0.1, 0.15) is 25.0 Å². The molecule has 2 amide bonds. The molecule has 2 aliphatic rings. The maximum absolute atomic E-state index is 14.8. The Morgan fingerprint density at radius 1 is 1.12 bits per heavy atom. The molecule has 42 heavy (non-hydrogen) atoms. The van der Waals surface area contributed by atoms with Gasteiger partial charge in [-0.3, -0.25) is 14.4 Å². The molecule has 2 aromatic rings. The number of oxime groups is 1. The van der Waals surface area contributed by atoms with E-state index in [-0.39, 0.29) is 33.9 Å². The summed E-state index contributed by atoms with van der Waals surface area (Å²) in [7, 11) is 0. The second kappa shape index (κ2) is 10.6. The van der Waals surface area contributed by atoms with E-state index in [2.05, 4.69) is 20.1 Å². The molecule has 1 N–H and O–H groups in total. The van der Waals surface area contributed by atoms with Gasteiger partial charge >= 0.3 is 18.5 Å². The van der Waals surface area contributed by atoms with Gasteiger partial charge in [-0.2, -0.15) is 39.5 Å². The van der Waals surface area contributed by atoms with Gasteiger partial charge in [0.15, 0.2) is 0 Å². The van der Waals surface area contributed by atoms with Crippen molar-refractivity contribution in [3.05, 3.63) is 69.0 Å². The van der Waals surface area contributed by atoms with Gasteiger partial charge < -0.3 is 10.2 Å². The molecule has 228 valence electrons. The summed E-state index contributed by atoms with van der Waals surface area (Å²) in [6.07, 6.45) is -16.7. The number of hydrogen-bond acceptors (Lipinski definition) is 5. The average Bonchev–Trinajstić information content (AvgIpc) is 3.44. The number of hydrogen-bond donors (Lipinski definition) is 1. The Balaban J connectivity index is 1.57. The minimum atomic E-state index is -5.47. The van der Waals surface area contributed by atoms with Gasteiger partial charge in [0.25, 0.3) is 17.4 Å². The standard InChI is InChI=1S/C24H16ClF10N3O4/c1-10-4-11(2-3-13(10)19(39)36-17-8-41-38(20(17)40)9-22(27,28)29)16-7-21(42-37-16,24(33,34)35)14-5-12(23(30,31)32)6-15(25)18(14)26/h2-6,17H,7-9H2,1H3,(H,36,39)/t17-,21?/m0/s1. The van der Waals surface area contributed by atoms with Gasteiger partial charge in [0.05, 0.1) is 22.7 Å². The first-order valence-electron chi connectivity index (χ1n) is 11.5. The largest absolute Gasteiger partial charge is 0.435 e. The Morgan fingerprint density at radius 3 is 2.36 bits per heavy atom. The molecular formula is C24H16ClF10N3O4. The van der Waals surface area contributed by atoms with Crippen LogP contribution in [-0.4, -0.2) is 54.1 Å². The van der Waals surface area contributed by atoms with Crippen molar-refractivity contribution >= 4 is 29.1 Å². The number of nitrogens with zero attached hydrogens (tertiary/aromatic N) is 2. The number of hydroxylamine groups is 2. The van der Waals surface area contributed by atoms with E-state index < -0.39 is 89.2 Å². The molecule has 2 atom stereocenters. The van der Waals surface area contributed by atoms with Crippen molar-refractivity contribution in [1.82, 2.24) is 10.4 Å². The van der Waals surface area contributed by atoms with Crippen molar-refractivity contribution in [1.29, 1.82) is 0 Å². The van der Waals surface area contributed by atoms with Crippen molar-refractivity contribution in [3.63, 3.8) is 0 Å². The lowest BCUT2D eigenvalue weighted by molar-refractivity contribution is -0.276. The SMILES string of the molecule is Cc1cc(C2=NOC(c3cc(C(F)(F)F)cc(Cl)c3F)(C(F)(F)F)C2)ccc1C(=O)N[C@H]1CON(CC(F)(F)F)C1=O. The molecule has 0 spiro atoms. The van der Waals surface area contributed by atoms with Gasteiger partial charge in [0.2, 0.25) is 0 Å². The van der Waals surface area contributed by atoms with Crippen molar-refractivity contribution in [2.75, 3.05) is 13.2 Å². The zero-order valence-electron chi connectivity index (χ0n) is 20.8. The van der Waals surface area contributed by atoms with Crippen molar-refractivity contribution in [2.24, 2.45) is 5.16 Å². The minimum absolute atomic E-state index is 0.0481. The van der Waals surface area contributed by atoms with Gasteiger partial charge in [-0.25, -0.2) is 9.45 Å². The van der Waals surface area contributed by atoms with E-state index in [1.54, 1.807) is 0 Å². The van der Waals surface area contributed by atoms with Crippen molar-refractivity contribution in [2.45, 2.75) is 43.5 Å². The molecule has 4 rings (SSSR count). The molecule has 1 fully saturated rings. The summed E-state index contributed by atoms with van der Waals surface area (Å²) in [4.78, 5) is 34.1. The summed E-state index contributed by atoms with van der Waals surface area (Å²) in [5.74, 6) is -3.87. The predicted molar refractivity (Wildman–Crippen MR) is 123 cm³/mol. The lowest BCUT2D eigenvalue weighted by Crippen LogP contribution is -2.44. The molecule has 0 aromatic heterocycles. The molecule has 1 unspecified atom stereocenters. The summed E-state index contributed by atoms with van der Waals surface area (Å²) in [5.41, 5.74) is -7.43. The zero-order chi connectivity index (χ0) is 31.4. The molecule has 0 bridgehead atoms. The Bertz CT molecular complexity index is 1460. The molecule has 0 aliphatic carbocycles. The molecule has 2 heterocycles. The topological polar surface area (TPSA) is 80.2 Å². The fourth-order valence-corrected chi connectivity index (χ4v) is 4.50. The lowest BCUT2D eigenvalue weighted by atomic mass is 9.85. The second-order valence-corrected chi connectivity index (χ2v) is 9.70. The van der Waals surface area contributed by atoms with E-state index >= 15 is 0 Å². The Morgan fingerprint density at radius 2 is 1.79 bits per heavy atom. The third-order valence-corrected chi connectivity index (χ3v) is 6.63.